The predicted molar refractivity (Wildman–Crippen MR) is 137 cm³/mol. The van der Waals surface area contributed by atoms with Gasteiger partial charge in [0.25, 0.3) is 0 Å². The lowest BCUT2D eigenvalue weighted by Crippen LogP contribution is -2.54. The Morgan fingerprint density at radius 3 is 2.38 bits per heavy atom. The number of hydrazine groups is 1. The number of aromatic nitrogens is 2. The van der Waals surface area contributed by atoms with Crippen LogP contribution >= 0.6 is 48.8 Å². The maximum Gasteiger partial charge on any atom is 0.122 e. The summed E-state index contributed by atoms with van der Waals surface area (Å²) in [6, 6.07) is 16.8. The third kappa shape index (κ3) is 6.52. The number of nitrogens with zero attached hydrogens (tertiary/aromatic N) is 3. The predicted octanol–water partition coefficient (Wildman–Crippen LogP) is 3.63. The molecule has 0 bridgehead atoms. The van der Waals surface area contributed by atoms with Gasteiger partial charge in [-0.3, -0.25) is 5.84 Å². The van der Waals surface area contributed by atoms with Gasteiger partial charge >= 0.3 is 0 Å². The molecular weight excluding hydrogens is 495 g/mol. The Kier molecular flexibility index (Phi) is 14.9. The van der Waals surface area contributed by atoms with Crippen LogP contribution in [0.15, 0.2) is 53.9 Å². The van der Waals surface area contributed by atoms with Crippen LogP contribution in [0.3, 0.4) is 0 Å². The molecule has 0 spiro atoms. The second-order valence-corrected chi connectivity index (χ2v) is 7.65. The molecule has 32 heavy (non-hydrogen) atoms. The molecule has 0 radical (unpaired) electrons. The van der Waals surface area contributed by atoms with Crippen LogP contribution in [-0.4, -0.2) is 39.2 Å². The minimum atomic E-state index is -0.230. The number of halogens is 3. The molecule has 1 saturated heterocycles. The summed E-state index contributed by atoms with van der Waals surface area (Å²) in [7, 11) is 1.72. The van der Waals surface area contributed by atoms with Gasteiger partial charge in [0.05, 0.1) is 12.6 Å². The lowest BCUT2D eigenvalue weighted by atomic mass is 9.76. The molecule has 1 fully saturated rings. The lowest BCUT2D eigenvalue weighted by molar-refractivity contribution is 0.0421. The Bertz CT molecular complexity index is 907. The molecule has 1 atom stereocenters. The zero-order chi connectivity index (χ0) is 18.7. The van der Waals surface area contributed by atoms with E-state index in [9.17, 15) is 0 Å². The smallest absolute Gasteiger partial charge is 0.122 e. The van der Waals surface area contributed by atoms with Gasteiger partial charge < -0.3 is 15.7 Å². The molecule has 4 rings (SSSR count). The monoisotopic (exact) mass is 524 g/mol. The molecule has 0 saturated carbocycles. The molecule has 180 valence electrons. The zero-order valence-corrected chi connectivity index (χ0v) is 21.0. The first kappa shape index (κ1) is 32.7. The highest BCUT2D eigenvalue weighted by molar-refractivity contribution is 7.03. The van der Waals surface area contributed by atoms with Crippen molar-refractivity contribution in [2.24, 2.45) is 5.84 Å². The van der Waals surface area contributed by atoms with Crippen LogP contribution in [0.5, 0.6) is 5.75 Å². The number of piperidine rings is 1. The average Bonchev–Trinajstić information content (AvgIpc) is 3.25. The average molecular weight is 526 g/mol. The van der Waals surface area contributed by atoms with Gasteiger partial charge in [0.1, 0.15) is 11.4 Å². The normalized spacial score (nSPS) is 17.3. The van der Waals surface area contributed by atoms with E-state index in [4.69, 9.17) is 10.6 Å². The Labute approximate surface area is 211 Å². The first-order valence-corrected chi connectivity index (χ1v) is 10.1. The van der Waals surface area contributed by atoms with Gasteiger partial charge in [-0.15, -0.1) is 42.3 Å². The Morgan fingerprint density at radius 2 is 1.78 bits per heavy atom. The first-order valence-electron chi connectivity index (χ1n) is 9.25. The fourth-order valence-electron chi connectivity index (χ4n) is 4.09. The molecule has 3 aromatic rings. The van der Waals surface area contributed by atoms with E-state index >= 15 is 0 Å². The topological polar surface area (TPSA) is 127 Å². The molecule has 1 aromatic heterocycles. The van der Waals surface area contributed by atoms with Crippen LogP contribution in [0.4, 0.5) is 0 Å². The van der Waals surface area contributed by atoms with Crippen molar-refractivity contribution in [1.82, 2.24) is 14.6 Å². The summed E-state index contributed by atoms with van der Waals surface area (Å²) in [4.78, 5) is 0. The minimum absolute atomic E-state index is 0. The maximum absolute atomic E-state index is 6.59. The summed E-state index contributed by atoms with van der Waals surface area (Å²) in [5, 5.41) is 8.21. The maximum atomic E-state index is 6.59. The SMILES string of the molecule is COc1ccc(-c2csnn2)cc1CC1(c2ccccc2)CCCCN1N.Cl.Cl.Cl.O.O. The van der Waals surface area contributed by atoms with E-state index in [-0.39, 0.29) is 53.7 Å². The van der Waals surface area contributed by atoms with Crippen LogP contribution in [0, 0.1) is 0 Å². The van der Waals surface area contributed by atoms with E-state index in [2.05, 4.69) is 46.0 Å². The van der Waals surface area contributed by atoms with Crippen molar-refractivity contribution in [3.05, 3.63) is 65.0 Å². The second-order valence-electron chi connectivity index (χ2n) is 7.04. The number of hydrogen-bond acceptors (Lipinski definition) is 6. The zero-order valence-electron chi connectivity index (χ0n) is 17.7. The second kappa shape index (κ2) is 14.6. The van der Waals surface area contributed by atoms with Crippen molar-refractivity contribution in [3.8, 4) is 17.0 Å². The number of benzene rings is 2. The van der Waals surface area contributed by atoms with E-state index in [1.54, 1.807) is 7.11 Å². The van der Waals surface area contributed by atoms with Crippen molar-refractivity contribution in [3.63, 3.8) is 0 Å². The fourth-order valence-corrected chi connectivity index (χ4v) is 4.55. The summed E-state index contributed by atoms with van der Waals surface area (Å²) in [6.07, 6.45) is 4.12. The van der Waals surface area contributed by atoms with Crippen LogP contribution in [-0.2, 0) is 12.0 Å². The van der Waals surface area contributed by atoms with Gasteiger partial charge in [0.2, 0.25) is 0 Å². The standard InChI is InChI=1S/C21H24N4OS.3ClH.2H2O/c1-26-20-10-9-16(19-15-27-24-23-19)13-17(20)14-21(11-5-6-12-25(21)22)18-7-3-2-4-8-18;;;;;/h2-4,7-10,13,15H,5-6,11-12,14,22H2,1H3;3*1H;2*1H2. The molecule has 1 aliphatic rings. The van der Waals surface area contributed by atoms with E-state index in [1.807, 2.05) is 22.5 Å². The Balaban J connectivity index is 0. The van der Waals surface area contributed by atoms with Crippen molar-refractivity contribution in [2.45, 2.75) is 31.2 Å². The summed E-state index contributed by atoms with van der Waals surface area (Å²) >= 11 is 1.36. The summed E-state index contributed by atoms with van der Waals surface area (Å²) in [6.45, 7) is 0.896. The molecule has 2 aromatic carbocycles. The minimum Gasteiger partial charge on any atom is -0.496 e. The van der Waals surface area contributed by atoms with Crippen LogP contribution in [0.2, 0.25) is 0 Å². The summed E-state index contributed by atoms with van der Waals surface area (Å²) < 4.78 is 9.67. The van der Waals surface area contributed by atoms with Crippen molar-refractivity contribution in [1.29, 1.82) is 0 Å². The molecule has 1 aliphatic heterocycles. The van der Waals surface area contributed by atoms with E-state index in [0.29, 0.717) is 0 Å². The third-order valence-corrected chi connectivity index (χ3v) is 6.02. The Morgan fingerprint density at radius 1 is 1.06 bits per heavy atom. The molecule has 0 amide bonds. The molecule has 7 nitrogen and oxygen atoms in total. The largest absolute Gasteiger partial charge is 0.496 e. The van der Waals surface area contributed by atoms with Gasteiger partial charge in [-0.25, -0.2) is 5.01 Å². The summed E-state index contributed by atoms with van der Waals surface area (Å²) in [5.74, 6) is 7.48. The molecule has 11 heteroatoms. The van der Waals surface area contributed by atoms with Gasteiger partial charge in [-0.2, -0.15) is 0 Å². The fraction of sp³-hybridized carbons (Fsp3) is 0.333. The van der Waals surface area contributed by atoms with Crippen molar-refractivity contribution in [2.75, 3.05) is 13.7 Å². The lowest BCUT2D eigenvalue weighted by Gasteiger charge is -2.45. The highest BCUT2D eigenvalue weighted by atomic mass is 35.5. The number of hydrogen-bond donors (Lipinski definition) is 1. The molecule has 6 N–H and O–H groups in total. The highest BCUT2D eigenvalue weighted by Crippen LogP contribution is 2.41. The quantitative estimate of drug-likeness (QED) is 0.509. The first-order chi connectivity index (χ1) is 13.2. The van der Waals surface area contributed by atoms with E-state index < -0.39 is 0 Å². The highest BCUT2D eigenvalue weighted by Gasteiger charge is 2.39. The number of nitrogens with two attached hydrogens (primary N) is 1. The van der Waals surface area contributed by atoms with Crippen LogP contribution in [0.1, 0.15) is 30.4 Å². The molecular formula is C21H31Cl3N4O3S. The van der Waals surface area contributed by atoms with Gasteiger partial charge in [-0.1, -0.05) is 34.8 Å². The third-order valence-electron chi connectivity index (χ3n) is 5.52. The van der Waals surface area contributed by atoms with Gasteiger partial charge in [-0.05, 0) is 66.5 Å². The van der Waals surface area contributed by atoms with Gasteiger partial charge in [0.15, 0.2) is 0 Å². The van der Waals surface area contributed by atoms with Gasteiger partial charge in [0, 0.05) is 17.5 Å². The van der Waals surface area contributed by atoms with Crippen LogP contribution < -0.4 is 10.6 Å². The van der Waals surface area contributed by atoms with Crippen molar-refractivity contribution >= 4 is 48.8 Å². The van der Waals surface area contributed by atoms with Crippen LogP contribution in [0.25, 0.3) is 11.3 Å². The number of rotatable bonds is 5. The molecule has 1 unspecified atom stereocenters. The number of ether oxygens (including phenoxy) is 1. The van der Waals surface area contributed by atoms with Crippen molar-refractivity contribution < 1.29 is 15.7 Å². The number of methoxy groups -OCH3 is 1. The summed E-state index contributed by atoms with van der Waals surface area (Å²) in [5.41, 5.74) is 4.12. The Hall–Kier alpha value is -1.49. The van der Waals surface area contributed by atoms with E-state index in [1.165, 1.54) is 23.5 Å². The molecule has 0 aliphatic carbocycles. The van der Waals surface area contributed by atoms with E-state index in [0.717, 1.165) is 48.4 Å². The molecule has 2 heterocycles.